The van der Waals surface area contributed by atoms with Crippen LogP contribution >= 0.6 is 0 Å². The third-order valence-corrected chi connectivity index (χ3v) is 4.58. The third-order valence-electron chi connectivity index (χ3n) is 4.58. The molecule has 2 aromatic carbocycles. The molecular formula is C19H25N. The summed E-state index contributed by atoms with van der Waals surface area (Å²) in [5.41, 5.74) is 1.43. The van der Waals surface area contributed by atoms with E-state index < -0.39 is 0 Å². The highest BCUT2D eigenvalue weighted by molar-refractivity contribution is 5.86. The Morgan fingerprint density at radius 2 is 1.85 bits per heavy atom. The lowest BCUT2D eigenvalue weighted by Crippen LogP contribution is -2.31. The summed E-state index contributed by atoms with van der Waals surface area (Å²) in [7, 11) is 0. The quantitative estimate of drug-likeness (QED) is 0.770. The highest BCUT2D eigenvalue weighted by Gasteiger charge is 2.25. The van der Waals surface area contributed by atoms with Crippen molar-refractivity contribution in [3.63, 3.8) is 0 Å². The van der Waals surface area contributed by atoms with Gasteiger partial charge in [-0.05, 0) is 42.0 Å². The van der Waals surface area contributed by atoms with E-state index in [1.54, 1.807) is 0 Å². The van der Waals surface area contributed by atoms with Gasteiger partial charge in [-0.25, -0.2) is 0 Å². The molecule has 0 aromatic heterocycles. The fourth-order valence-electron chi connectivity index (χ4n) is 3.18. The molecule has 1 N–H and O–H groups in total. The van der Waals surface area contributed by atoms with Gasteiger partial charge in [-0.1, -0.05) is 62.2 Å². The molecule has 2 atom stereocenters. The zero-order valence-electron chi connectivity index (χ0n) is 12.6. The van der Waals surface area contributed by atoms with Gasteiger partial charge in [0.15, 0.2) is 0 Å². The lowest BCUT2D eigenvalue weighted by molar-refractivity contribution is 0.405. The average Bonchev–Trinajstić information content (AvgIpc) is 3.29. The van der Waals surface area contributed by atoms with Crippen LogP contribution < -0.4 is 5.32 Å². The van der Waals surface area contributed by atoms with Gasteiger partial charge in [0, 0.05) is 12.1 Å². The summed E-state index contributed by atoms with van der Waals surface area (Å²) in [5, 5.41) is 6.57. The van der Waals surface area contributed by atoms with E-state index >= 15 is 0 Å². The van der Waals surface area contributed by atoms with Crippen molar-refractivity contribution in [1.29, 1.82) is 0 Å². The standard InChI is InChI=1S/C19H25N/c1-3-17(13-15-11-12-15)20-14(2)18-10-6-8-16-7-4-5-9-19(16)18/h4-10,14-15,17,20H,3,11-13H2,1-2H3. The molecule has 0 saturated heterocycles. The molecule has 1 aliphatic carbocycles. The van der Waals surface area contributed by atoms with E-state index in [-0.39, 0.29) is 0 Å². The van der Waals surface area contributed by atoms with Crippen molar-refractivity contribution in [2.24, 2.45) is 5.92 Å². The van der Waals surface area contributed by atoms with Crippen LogP contribution in [-0.4, -0.2) is 6.04 Å². The van der Waals surface area contributed by atoms with Crippen molar-refractivity contribution < 1.29 is 0 Å². The van der Waals surface area contributed by atoms with Crippen molar-refractivity contribution in [3.05, 3.63) is 48.0 Å². The first-order chi connectivity index (χ1) is 9.78. The lowest BCUT2D eigenvalue weighted by atomic mass is 9.98. The van der Waals surface area contributed by atoms with Crippen LogP contribution in [0.1, 0.15) is 51.1 Å². The predicted octanol–water partition coefficient (Wildman–Crippen LogP) is 5.07. The van der Waals surface area contributed by atoms with Gasteiger partial charge < -0.3 is 5.32 Å². The van der Waals surface area contributed by atoms with E-state index in [9.17, 15) is 0 Å². The third kappa shape index (κ3) is 3.04. The summed E-state index contributed by atoms with van der Waals surface area (Å²) >= 11 is 0. The topological polar surface area (TPSA) is 12.0 Å². The van der Waals surface area contributed by atoms with Gasteiger partial charge in [0.05, 0.1) is 0 Å². The van der Waals surface area contributed by atoms with E-state index in [0.29, 0.717) is 12.1 Å². The first-order valence-electron chi connectivity index (χ1n) is 8.01. The Labute approximate surface area is 122 Å². The second-order valence-corrected chi connectivity index (χ2v) is 6.24. The van der Waals surface area contributed by atoms with Crippen LogP contribution in [0.4, 0.5) is 0 Å². The molecule has 0 spiro atoms. The van der Waals surface area contributed by atoms with Gasteiger partial charge >= 0.3 is 0 Å². The van der Waals surface area contributed by atoms with Gasteiger partial charge in [-0.3, -0.25) is 0 Å². The molecule has 3 rings (SSSR count). The average molecular weight is 267 g/mol. The van der Waals surface area contributed by atoms with Crippen LogP contribution in [0.2, 0.25) is 0 Å². The van der Waals surface area contributed by atoms with Crippen LogP contribution in [-0.2, 0) is 0 Å². The number of fused-ring (bicyclic) bond motifs is 1. The molecule has 20 heavy (non-hydrogen) atoms. The molecule has 2 aromatic rings. The molecule has 1 nitrogen and oxygen atoms in total. The van der Waals surface area contributed by atoms with Crippen LogP contribution in [0, 0.1) is 5.92 Å². The van der Waals surface area contributed by atoms with Crippen molar-refractivity contribution in [2.75, 3.05) is 0 Å². The summed E-state index contributed by atoms with van der Waals surface area (Å²) in [6, 6.07) is 16.4. The first kappa shape index (κ1) is 13.6. The minimum atomic E-state index is 0.421. The molecule has 106 valence electrons. The Hall–Kier alpha value is -1.34. The summed E-state index contributed by atoms with van der Waals surface area (Å²) in [6.07, 6.45) is 5.47. The van der Waals surface area contributed by atoms with Gasteiger partial charge in [0.2, 0.25) is 0 Å². The number of rotatable bonds is 6. The van der Waals surface area contributed by atoms with E-state index in [1.807, 2.05) is 0 Å². The van der Waals surface area contributed by atoms with E-state index in [1.165, 1.54) is 42.0 Å². The van der Waals surface area contributed by atoms with Gasteiger partial charge in [0.25, 0.3) is 0 Å². The van der Waals surface area contributed by atoms with E-state index in [4.69, 9.17) is 0 Å². The zero-order valence-corrected chi connectivity index (χ0v) is 12.6. The Morgan fingerprint density at radius 1 is 1.10 bits per heavy atom. The smallest absolute Gasteiger partial charge is 0.0300 e. The van der Waals surface area contributed by atoms with Crippen LogP contribution in [0.25, 0.3) is 10.8 Å². The molecule has 1 aliphatic rings. The number of benzene rings is 2. The van der Waals surface area contributed by atoms with Crippen LogP contribution in [0.3, 0.4) is 0 Å². The Morgan fingerprint density at radius 3 is 2.60 bits per heavy atom. The first-order valence-corrected chi connectivity index (χ1v) is 8.01. The minimum absolute atomic E-state index is 0.421. The second kappa shape index (κ2) is 5.97. The Balaban J connectivity index is 1.78. The fraction of sp³-hybridized carbons (Fsp3) is 0.474. The van der Waals surface area contributed by atoms with Crippen molar-refractivity contribution >= 4 is 10.8 Å². The maximum absolute atomic E-state index is 3.85. The molecule has 0 heterocycles. The molecule has 1 heteroatoms. The minimum Gasteiger partial charge on any atom is -0.307 e. The van der Waals surface area contributed by atoms with Gasteiger partial charge in [0.1, 0.15) is 0 Å². The second-order valence-electron chi connectivity index (χ2n) is 6.24. The summed E-state index contributed by atoms with van der Waals surface area (Å²) in [4.78, 5) is 0. The molecule has 0 bridgehead atoms. The molecule has 1 fully saturated rings. The van der Waals surface area contributed by atoms with E-state index in [2.05, 4.69) is 61.6 Å². The largest absolute Gasteiger partial charge is 0.307 e. The summed E-state index contributed by atoms with van der Waals surface area (Å²) in [5.74, 6) is 0.993. The van der Waals surface area contributed by atoms with Gasteiger partial charge in [-0.2, -0.15) is 0 Å². The van der Waals surface area contributed by atoms with E-state index in [0.717, 1.165) is 5.92 Å². The molecule has 2 unspecified atom stereocenters. The molecule has 0 aliphatic heterocycles. The SMILES string of the molecule is CCC(CC1CC1)NC(C)c1cccc2ccccc12. The fourth-order valence-corrected chi connectivity index (χ4v) is 3.18. The summed E-state index contributed by atoms with van der Waals surface area (Å²) < 4.78 is 0. The normalized spacial score (nSPS) is 18.1. The maximum atomic E-state index is 3.85. The number of nitrogens with one attached hydrogen (secondary N) is 1. The highest BCUT2D eigenvalue weighted by atomic mass is 14.9. The van der Waals surface area contributed by atoms with Crippen molar-refractivity contribution in [2.45, 2.75) is 51.6 Å². The number of hydrogen-bond acceptors (Lipinski definition) is 1. The Bertz CT molecular complexity index is 565. The predicted molar refractivity (Wildman–Crippen MR) is 86.9 cm³/mol. The molecule has 0 amide bonds. The highest BCUT2D eigenvalue weighted by Crippen LogP contribution is 2.35. The van der Waals surface area contributed by atoms with Crippen molar-refractivity contribution in [3.8, 4) is 0 Å². The zero-order chi connectivity index (χ0) is 13.9. The van der Waals surface area contributed by atoms with Crippen LogP contribution in [0.15, 0.2) is 42.5 Å². The maximum Gasteiger partial charge on any atom is 0.0300 e. The Kier molecular flexibility index (Phi) is 4.07. The molecule has 0 radical (unpaired) electrons. The molecule has 1 saturated carbocycles. The number of hydrogen-bond donors (Lipinski definition) is 1. The van der Waals surface area contributed by atoms with Crippen molar-refractivity contribution in [1.82, 2.24) is 5.32 Å². The van der Waals surface area contributed by atoms with Gasteiger partial charge in [-0.15, -0.1) is 0 Å². The molecular weight excluding hydrogens is 242 g/mol. The summed E-state index contributed by atoms with van der Waals surface area (Å²) in [6.45, 7) is 4.60. The lowest BCUT2D eigenvalue weighted by Gasteiger charge is -2.23. The van der Waals surface area contributed by atoms with Crippen LogP contribution in [0.5, 0.6) is 0 Å². The monoisotopic (exact) mass is 267 g/mol.